The summed E-state index contributed by atoms with van der Waals surface area (Å²) < 4.78 is 41.9. The molecule has 3 rings (SSSR count). The van der Waals surface area contributed by atoms with Gasteiger partial charge in [-0.05, 0) is 74.3 Å². The molecule has 0 saturated heterocycles. The van der Waals surface area contributed by atoms with E-state index < -0.39 is 17.8 Å². The largest absolute Gasteiger partial charge is 0.247 e. The topological polar surface area (TPSA) is 0 Å². The summed E-state index contributed by atoms with van der Waals surface area (Å²) in [6.45, 7) is 2.12. The van der Waals surface area contributed by atoms with Crippen LogP contribution in [0.5, 0.6) is 0 Å². The molecule has 0 unspecified atom stereocenters. The van der Waals surface area contributed by atoms with Gasteiger partial charge in [-0.3, -0.25) is 0 Å². The van der Waals surface area contributed by atoms with E-state index in [1.807, 2.05) is 30.3 Å². The van der Waals surface area contributed by atoms with E-state index in [0.29, 0.717) is 24.3 Å². The molecular weight excluding hydrogens is 381 g/mol. The lowest BCUT2D eigenvalue weighted by atomic mass is 9.83. The van der Waals surface area contributed by atoms with Gasteiger partial charge in [-0.1, -0.05) is 55.9 Å². The first kappa shape index (κ1) is 22.2. The van der Waals surface area contributed by atoms with Crippen LogP contribution >= 0.6 is 0 Å². The molecule has 1 aliphatic carbocycles. The maximum atomic E-state index is 14.3. The molecule has 1 saturated carbocycles. The van der Waals surface area contributed by atoms with Crippen molar-refractivity contribution in [1.29, 1.82) is 0 Å². The van der Waals surface area contributed by atoms with E-state index in [-0.39, 0.29) is 5.56 Å². The summed E-state index contributed by atoms with van der Waals surface area (Å²) in [5.41, 5.74) is 2.31. The minimum absolute atomic E-state index is 0.00981. The number of hydrogen-bond acceptors (Lipinski definition) is 0. The van der Waals surface area contributed by atoms with E-state index >= 15 is 0 Å². The van der Waals surface area contributed by atoms with Crippen molar-refractivity contribution >= 4 is 6.08 Å². The number of halogens is 3. The zero-order chi connectivity index (χ0) is 21.3. The Morgan fingerprint density at radius 1 is 0.900 bits per heavy atom. The number of benzene rings is 2. The third-order valence-corrected chi connectivity index (χ3v) is 5.73. The molecule has 2 aromatic rings. The Hall–Kier alpha value is -2.47. The molecule has 0 heterocycles. The van der Waals surface area contributed by atoms with E-state index in [9.17, 15) is 13.2 Å². The summed E-state index contributed by atoms with van der Waals surface area (Å²) in [7, 11) is 0. The quantitative estimate of drug-likeness (QED) is 0.335. The summed E-state index contributed by atoms with van der Waals surface area (Å²) >= 11 is 0. The standard InChI is InChI=1S/C27H29F3/c1-2-3-4-5-6-7-25-26(29)18-21(19-27(25)30)9-8-20-10-12-22(13-11-20)23-14-16-24(28)17-15-23/h6-7,10-13,18-19,23-24H,2-5,14-17H2,1H3/b7-6+. The zero-order valence-corrected chi connectivity index (χ0v) is 17.6. The first-order chi connectivity index (χ1) is 14.6. The van der Waals surface area contributed by atoms with Crippen LogP contribution in [0.4, 0.5) is 13.2 Å². The van der Waals surface area contributed by atoms with Gasteiger partial charge in [0.05, 0.1) is 0 Å². The summed E-state index contributed by atoms with van der Waals surface area (Å²) in [5, 5.41) is 0. The highest BCUT2D eigenvalue weighted by molar-refractivity contribution is 5.54. The highest BCUT2D eigenvalue weighted by atomic mass is 19.1. The van der Waals surface area contributed by atoms with Crippen molar-refractivity contribution in [3.05, 3.63) is 76.4 Å². The second kappa shape index (κ2) is 11.1. The third kappa shape index (κ3) is 6.26. The molecule has 0 aliphatic heterocycles. The Morgan fingerprint density at radius 2 is 1.53 bits per heavy atom. The maximum absolute atomic E-state index is 14.3. The Morgan fingerprint density at radius 3 is 2.17 bits per heavy atom. The van der Waals surface area contributed by atoms with Crippen LogP contribution in [-0.2, 0) is 0 Å². The van der Waals surface area contributed by atoms with Crippen molar-refractivity contribution in [2.24, 2.45) is 0 Å². The monoisotopic (exact) mass is 410 g/mol. The molecule has 0 amide bonds. The van der Waals surface area contributed by atoms with Crippen LogP contribution in [0.2, 0.25) is 0 Å². The normalized spacial score (nSPS) is 18.9. The average molecular weight is 411 g/mol. The van der Waals surface area contributed by atoms with Gasteiger partial charge in [0.15, 0.2) is 0 Å². The van der Waals surface area contributed by atoms with Gasteiger partial charge in [-0.2, -0.15) is 0 Å². The second-order valence-corrected chi connectivity index (χ2v) is 8.07. The Labute approximate surface area is 178 Å². The number of rotatable bonds is 6. The third-order valence-electron chi connectivity index (χ3n) is 5.73. The lowest BCUT2D eigenvalue weighted by Crippen LogP contribution is -2.13. The highest BCUT2D eigenvalue weighted by Gasteiger charge is 2.21. The molecule has 3 heteroatoms. The zero-order valence-electron chi connectivity index (χ0n) is 17.6. The van der Waals surface area contributed by atoms with Crippen molar-refractivity contribution < 1.29 is 13.2 Å². The molecule has 0 atom stereocenters. The van der Waals surface area contributed by atoms with Gasteiger partial charge in [0, 0.05) is 16.7 Å². The second-order valence-electron chi connectivity index (χ2n) is 8.07. The Bertz CT molecular complexity index is 884. The SMILES string of the molecule is CCCCC/C=C/c1c(F)cc(C#Cc2ccc(C3CCC(F)CC3)cc2)cc1F. The van der Waals surface area contributed by atoms with Crippen molar-refractivity contribution in [2.45, 2.75) is 70.4 Å². The molecule has 0 N–H and O–H groups in total. The van der Waals surface area contributed by atoms with Gasteiger partial charge in [-0.25, -0.2) is 13.2 Å². The lowest BCUT2D eigenvalue weighted by molar-refractivity contribution is 0.235. The summed E-state index contributed by atoms with van der Waals surface area (Å²) in [4.78, 5) is 0. The summed E-state index contributed by atoms with van der Waals surface area (Å²) in [5.74, 6) is 5.05. The van der Waals surface area contributed by atoms with Gasteiger partial charge < -0.3 is 0 Å². The van der Waals surface area contributed by atoms with Crippen LogP contribution in [0.1, 0.15) is 86.5 Å². The first-order valence-corrected chi connectivity index (χ1v) is 11.0. The minimum Gasteiger partial charge on any atom is -0.247 e. The van der Waals surface area contributed by atoms with E-state index in [1.165, 1.54) is 23.8 Å². The van der Waals surface area contributed by atoms with Gasteiger partial charge in [0.2, 0.25) is 0 Å². The number of allylic oxidation sites excluding steroid dienone is 1. The van der Waals surface area contributed by atoms with Gasteiger partial charge in [0.1, 0.15) is 17.8 Å². The fourth-order valence-electron chi connectivity index (χ4n) is 3.90. The van der Waals surface area contributed by atoms with Crippen LogP contribution in [-0.4, -0.2) is 6.17 Å². The van der Waals surface area contributed by atoms with E-state index in [4.69, 9.17) is 0 Å². The van der Waals surface area contributed by atoms with Crippen molar-refractivity contribution in [3.63, 3.8) is 0 Å². The van der Waals surface area contributed by atoms with Crippen LogP contribution in [0.25, 0.3) is 6.08 Å². The van der Waals surface area contributed by atoms with Crippen LogP contribution in [0, 0.1) is 23.5 Å². The van der Waals surface area contributed by atoms with Crippen LogP contribution in [0.3, 0.4) is 0 Å². The fourth-order valence-corrected chi connectivity index (χ4v) is 3.90. The van der Waals surface area contributed by atoms with Gasteiger partial charge in [0.25, 0.3) is 0 Å². The molecular formula is C27H29F3. The van der Waals surface area contributed by atoms with Gasteiger partial charge in [-0.15, -0.1) is 0 Å². The predicted molar refractivity (Wildman–Crippen MR) is 118 cm³/mol. The van der Waals surface area contributed by atoms with Gasteiger partial charge >= 0.3 is 0 Å². The number of alkyl halides is 1. The predicted octanol–water partition coefficient (Wildman–Crippen LogP) is 7.95. The van der Waals surface area contributed by atoms with E-state index in [0.717, 1.165) is 44.1 Å². The minimum atomic E-state index is -0.657. The number of unbranched alkanes of at least 4 members (excludes halogenated alkanes) is 3. The number of hydrogen-bond donors (Lipinski definition) is 0. The molecule has 0 aromatic heterocycles. The molecule has 0 radical (unpaired) electrons. The van der Waals surface area contributed by atoms with E-state index in [2.05, 4.69) is 18.8 Å². The average Bonchev–Trinajstić information content (AvgIpc) is 2.75. The van der Waals surface area contributed by atoms with Crippen molar-refractivity contribution in [2.75, 3.05) is 0 Å². The first-order valence-electron chi connectivity index (χ1n) is 11.0. The van der Waals surface area contributed by atoms with E-state index in [1.54, 1.807) is 0 Å². The highest BCUT2D eigenvalue weighted by Crippen LogP contribution is 2.34. The maximum Gasteiger partial charge on any atom is 0.134 e. The summed E-state index contributed by atoms with van der Waals surface area (Å²) in [6.07, 6.45) is 9.78. The van der Waals surface area contributed by atoms with Crippen LogP contribution in [0.15, 0.2) is 42.5 Å². The Kier molecular flexibility index (Phi) is 8.20. The van der Waals surface area contributed by atoms with Crippen molar-refractivity contribution in [1.82, 2.24) is 0 Å². The molecule has 1 fully saturated rings. The molecule has 30 heavy (non-hydrogen) atoms. The molecule has 2 aromatic carbocycles. The lowest BCUT2D eigenvalue weighted by Gasteiger charge is -2.24. The fraction of sp³-hybridized carbons (Fsp3) is 0.407. The van der Waals surface area contributed by atoms with Crippen molar-refractivity contribution in [3.8, 4) is 11.8 Å². The summed E-state index contributed by atoms with van der Waals surface area (Å²) in [6, 6.07) is 10.5. The smallest absolute Gasteiger partial charge is 0.134 e. The molecule has 0 bridgehead atoms. The Balaban J connectivity index is 1.65. The molecule has 0 spiro atoms. The molecule has 1 aliphatic rings. The molecule has 158 valence electrons. The molecule has 0 nitrogen and oxygen atoms in total. The van der Waals surface area contributed by atoms with Crippen LogP contribution < -0.4 is 0 Å².